The van der Waals surface area contributed by atoms with Crippen molar-refractivity contribution in [3.8, 4) is 11.5 Å². The molecule has 0 atom stereocenters. The molecular formula is C26H37ClO2. The van der Waals surface area contributed by atoms with Crippen LogP contribution in [0.2, 0.25) is 0 Å². The van der Waals surface area contributed by atoms with Crippen LogP contribution in [0, 0.1) is 55.4 Å². The van der Waals surface area contributed by atoms with E-state index >= 15 is 0 Å². The summed E-state index contributed by atoms with van der Waals surface area (Å²) in [6.07, 6.45) is 0. The summed E-state index contributed by atoms with van der Waals surface area (Å²) in [4.78, 5) is 0. The quantitative estimate of drug-likeness (QED) is 0.440. The van der Waals surface area contributed by atoms with E-state index in [2.05, 4.69) is 55.4 Å². The van der Waals surface area contributed by atoms with Gasteiger partial charge in [-0.3, -0.25) is 0 Å². The van der Waals surface area contributed by atoms with Crippen LogP contribution in [-0.2, 0) is 0 Å². The number of halogens is 1. The lowest BCUT2D eigenvalue weighted by molar-refractivity contribution is 0.334. The van der Waals surface area contributed by atoms with Gasteiger partial charge in [-0.05, 0) is 125 Å². The van der Waals surface area contributed by atoms with Crippen LogP contribution in [0.1, 0.15) is 75.4 Å². The summed E-state index contributed by atoms with van der Waals surface area (Å²) in [5.74, 6) is 2.72. The van der Waals surface area contributed by atoms with Crippen molar-refractivity contribution in [2.45, 2.75) is 75.2 Å². The van der Waals surface area contributed by atoms with Gasteiger partial charge in [0.15, 0.2) is 0 Å². The first-order chi connectivity index (χ1) is 13.6. The fourth-order valence-corrected chi connectivity index (χ4v) is 4.99. The summed E-state index contributed by atoms with van der Waals surface area (Å²) in [6, 6.07) is 0. The predicted octanol–water partition coefficient (Wildman–Crippen LogP) is 7.32. The second-order valence-corrected chi connectivity index (χ2v) is 8.37. The van der Waals surface area contributed by atoms with Gasteiger partial charge in [0.1, 0.15) is 11.5 Å². The van der Waals surface area contributed by atoms with Gasteiger partial charge in [0.25, 0.3) is 0 Å². The number of hydrogen-bond donors (Lipinski definition) is 0. The molecule has 2 aromatic rings. The maximum Gasteiger partial charge on any atom is 0.125 e. The van der Waals surface area contributed by atoms with E-state index in [0.717, 1.165) is 11.5 Å². The highest BCUT2D eigenvalue weighted by Crippen LogP contribution is 2.43. The molecule has 0 fully saturated rings. The van der Waals surface area contributed by atoms with Crippen molar-refractivity contribution in [1.82, 2.24) is 0 Å². The Bertz CT molecular complexity index is 780. The molecule has 3 heteroatoms. The summed E-state index contributed by atoms with van der Waals surface area (Å²) in [5.41, 5.74) is 12.7. The van der Waals surface area contributed by atoms with Crippen molar-refractivity contribution in [2.24, 2.45) is 0 Å². The topological polar surface area (TPSA) is 18.5 Å². The Morgan fingerprint density at radius 1 is 0.552 bits per heavy atom. The van der Waals surface area contributed by atoms with E-state index in [9.17, 15) is 0 Å². The molecule has 29 heavy (non-hydrogen) atoms. The van der Waals surface area contributed by atoms with Crippen LogP contribution < -0.4 is 9.47 Å². The zero-order chi connectivity index (χ0) is 22.0. The van der Waals surface area contributed by atoms with Crippen molar-refractivity contribution in [3.05, 3.63) is 55.6 Å². The van der Waals surface area contributed by atoms with Gasteiger partial charge in [-0.1, -0.05) is 0 Å². The molecule has 0 bridgehead atoms. The minimum atomic E-state index is 0.137. The first-order valence-corrected chi connectivity index (χ1v) is 11.2. The van der Waals surface area contributed by atoms with Gasteiger partial charge in [0.2, 0.25) is 0 Å². The predicted molar refractivity (Wildman–Crippen MR) is 126 cm³/mol. The van der Waals surface area contributed by atoms with Crippen molar-refractivity contribution in [3.63, 3.8) is 0 Å². The SMILES string of the molecule is CCOc1c(C)c(C)c(C(CCl)c2c(C)c(C)c(OCC)c(C)c2C)c(C)c1C. The first kappa shape index (κ1) is 23.6. The van der Waals surface area contributed by atoms with Gasteiger partial charge >= 0.3 is 0 Å². The van der Waals surface area contributed by atoms with Crippen LogP contribution in [0.25, 0.3) is 0 Å². The highest BCUT2D eigenvalue weighted by molar-refractivity contribution is 6.18. The fraction of sp³-hybridized carbons (Fsp3) is 0.538. The van der Waals surface area contributed by atoms with E-state index in [1.54, 1.807) is 0 Å². The summed E-state index contributed by atoms with van der Waals surface area (Å²) >= 11 is 6.67. The lowest BCUT2D eigenvalue weighted by Gasteiger charge is -2.29. The number of benzene rings is 2. The van der Waals surface area contributed by atoms with E-state index in [1.807, 2.05) is 13.8 Å². The summed E-state index contributed by atoms with van der Waals surface area (Å²) < 4.78 is 12.0. The Morgan fingerprint density at radius 2 is 0.828 bits per heavy atom. The molecule has 0 aliphatic rings. The van der Waals surface area contributed by atoms with Crippen LogP contribution in [0.3, 0.4) is 0 Å². The molecule has 2 aromatic carbocycles. The summed E-state index contributed by atoms with van der Waals surface area (Å²) in [7, 11) is 0. The first-order valence-electron chi connectivity index (χ1n) is 10.7. The number of alkyl halides is 1. The van der Waals surface area contributed by atoms with Gasteiger partial charge in [0, 0.05) is 11.8 Å². The Balaban J connectivity index is 2.83. The number of hydrogen-bond acceptors (Lipinski definition) is 2. The second-order valence-electron chi connectivity index (χ2n) is 8.06. The van der Waals surface area contributed by atoms with Crippen molar-refractivity contribution >= 4 is 11.6 Å². The van der Waals surface area contributed by atoms with Gasteiger partial charge in [-0.15, -0.1) is 11.6 Å². The van der Waals surface area contributed by atoms with Crippen LogP contribution >= 0.6 is 11.6 Å². The number of rotatable bonds is 7. The highest BCUT2D eigenvalue weighted by atomic mass is 35.5. The molecular weight excluding hydrogens is 380 g/mol. The van der Waals surface area contributed by atoms with E-state index in [4.69, 9.17) is 21.1 Å². The van der Waals surface area contributed by atoms with E-state index < -0.39 is 0 Å². The van der Waals surface area contributed by atoms with Crippen LogP contribution in [-0.4, -0.2) is 19.1 Å². The van der Waals surface area contributed by atoms with Crippen LogP contribution in [0.4, 0.5) is 0 Å². The third-order valence-electron chi connectivity index (χ3n) is 6.66. The van der Waals surface area contributed by atoms with E-state index in [-0.39, 0.29) is 5.92 Å². The van der Waals surface area contributed by atoms with Crippen molar-refractivity contribution < 1.29 is 9.47 Å². The Morgan fingerprint density at radius 3 is 1.03 bits per heavy atom. The third-order valence-corrected chi connectivity index (χ3v) is 6.97. The molecule has 0 amide bonds. The normalized spacial score (nSPS) is 11.3. The fourth-order valence-electron chi connectivity index (χ4n) is 4.68. The zero-order valence-corrected chi connectivity index (χ0v) is 20.6. The molecule has 0 aromatic heterocycles. The highest BCUT2D eigenvalue weighted by Gasteiger charge is 2.27. The van der Waals surface area contributed by atoms with Gasteiger partial charge in [-0.25, -0.2) is 0 Å². The Labute approximate surface area is 182 Å². The molecule has 0 saturated heterocycles. The maximum atomic E-state index is 6.67. The lowest BCUT2D eigenvalue weighted by Crippen LogP contribution is -2.15. The van der Waals surface area contributed by atoms with Crippen LogP contribution in [0.15, 0.2) is 0 Å². The zero-order valence-electron chi connectivity index (χ0n) is 19.9. The third kappa shape index (κ3) is 4.01. The van der Waals surface area contributed by atoms with Gasteiger partial charge in [0.05, 0.1) is 13.2 Å². The standard InChI is InChI=1S/C26H37ClO2/c1-11-28-25-18(7)14(3)23(15(4)19(25)8)22(13-27)24-16(5)20(9)26(29-12-2)21(10)17(24)6/h22H,11-13H2,1-10H3. The Kier molecular flexibility index (Phi) is 7.67. The minimum Gasteiger partial charge on any atom is -0.493 e. The molecule has 0 radical (unpaired) electrons. The Hall–Kier alpha value is -1.67. The second kappa shape index (κ2) is 9.43. The maximum absolute atomic E-state index is 6.67. The van der Waals surface area contributed by atoms with Crippen molar-refractivity contribution in [2.75, 3.05) is 19.1 Å². The van der Waals surface area contributed by atoms with Crippen LogP contribution in [0.5, 0.6) is 11.5 Å². The average Bonchev–Trinajstić information content (AvgIpc) is 2.70. The molecule has 0 aliphatic heterocycles. The molecule has 0 saturated carbocycles. The van der Waals surface area contributed by atoms with Gasteiger partial charge in [-0.2, -0.15) is 0 Å². The molecule has 0 N–H and O–H groups in total. The molecule has 0 heterocycles. The lowest BCUT2D eigenvalue weighted by atomic mass is 9.78. The summed E-state index contributed by atoms with van der Waals surface area (Å²) in [5, 5.41) is 0. The molecule has 0 aliphatic carbocycles. The van der Waals surface area contributed by atoms with Gasteiger partial charge < -0.3 is 9.47 Å². The van der Waals surface area contributed by atoms with E-state index in [0.29, 0.717) is 19.1 Å². The molecule has 2 rings (SSSR count). The largest absolute Gasteiger partial charge is 0.493 e. The van der Waals surface area contributed by atoms with E-state index in [1.165, 1.54) is 55.6 Å². The molecule has 0 unspecified atom stereocenters. The smallest absolute Gasteiger partial charge is 0.125 e. The minimum absolute atomic E-state index is 0.137. The number of ether oxygens (including phenoxy) is 2. The molecule has 160 valence electrons. The average molecular weight is 417 g/mol. The molecule has 0 spiro atoms. The van der Waals surface area contributed by atoms with Crippen molar-refractivity contribution in [1.29, 1.82) is 0 Å². The summed E-state index contributed by atoms with van der Waals surface area (Å²) in [6.45, 7) is 22.9. The monoisotopic (exact) mass is 416 g/mol. The molecule has 2 nitrogen and oxygen atoms in total.